The van der Waals surface area contributed by atoms with Crippen LogP contribution in [0.1, 0.15) is 20.8 Å². The number of amides is 1. The molecule has 0 aliphatic heterocycles. The van der Waals surface area contributed by atoms with Crippen LogP contribution >= 0.6 is 0 Å². The minimum Gasteiger partial charge on any atom is -0.480 e. The molecule has 1 amide bonds. The number of hydrogen-bond donors (Lipinski definition) is 2. The maximum Gasteiger partial charge on any atom is 0.322 e. The molecule has 2 N–H and O–H groups in total. The number of carboxylic acids is 1. The molecule has 0 aliphatic rings. The Kier molecular flexibility index (Phi) is 4.33. The van der Waals surface area contributed by atoms with Crippen LogP contribution in [0.2, 0.25) is 0 Å². The first-order valence-electron chi connectivity index (χ1n) is 3.94. The molecular weight excluding hydrogens is 158 g/mol. The molecule has 0 rings (SSSR count). The minimum absolute atomic E-state index is 0.135. The fourth-order valence-corrected chi connectivity index (χ4v) is 0.626. The molecule has 0 aromatic carbocycles. The van der Waals surface area contributed by atoms with Crippen molar-refractivity contribution in [1.82, 2.24) is 5.32 Å². The molecular formula is C8H15NO3. The lowest BCUT2D eigenvalue weighted by Gasteiger charge is -2.13. The molecule has 12 heavy (non-hydrogen) atoms. The van der Waals surface area contributed by atoms with Gasteiger partial charge in [0.15, 0.2) is 0 Å². The Bertz CT molecular complexity index is 177. The average molecular weight is 173 g/mol. The van der Waals surface area contributed by atoms with Gasteiger partial charge in [-0.25, -0.2) is 0 Å². The van der Waals surface area contributed by atoms with Crippen molar-refractivity contribution >= 4 is 11.9 Å². The fourth-order valence-electron chi connectivity index (χ4n) is 0.626. The van der Waals surface area contributed by atoms with E-state index in [1.165, 1.54) is 0 Å². The third kappa shape index (κ3) is 3.95. The highest BCUT2D eigenvalue weighted by Gasteiger charge is 2.16. The smallest absolute Gasteiger partial charge is 0.322 e. The number of nitrogens with one attached hydrogen (secondary N) is 1. The molecule has 0 saturated carbocycles. The van der Waals surface area contributed by atoms with Gasteiger partial charge in [0.1, 0.15) is 6.54 Å². The van der Waals surface area contributed by atoms with Gasteiger partial charge in [0, 0.05) is 5.92 Å². The Morgan fingerprint density at radius 2 is 1.83 bits per heavy atom. The van der Waals surface area contributed by atoms with Crippen LogP contribution < -0.4 is 5.32 Å². The van der Waals surface area contributed by atoms with Crippen molar-refractivity contribution in [3.05, 3.63) is 0 Å². The third-order valence-corrected chi connectivity index (χ3v) is 1.83. The summed E-state index contributed by atoms with van der Waals surface area (Å²) < 4.78 is 0. The van der Waals surface area contributed by atoms with E-state index in [1.807, 2.05) is 13.8 Å². The van der Waals surface area contributed by atoms with Crippen molar-refractivity contribution in [2.75, 3.05) is 6.54 Å². The predicted molar refractivity (Wildman–Crippen MR) is 44.6 cm³/mol. The van der Waals surface area contributed by atoms with Gasteiger partial charge in [-0.2, -0.15) is 0 Å². The summed E-state index contributed by atoms with van der Waals surface area (Å²) in [5.74, 6) is -1.12. The maximum absolute atomic E-state index is 11.1. The SMILES string of the molecule is CC(C)[C@H](C)C(=O)NCC(=O)O. The van der Waals surface area contributed by atoms with Gasteiger partial charge in [0.05, 0.1) is 0 Å². The molecule has 0 aromatic heterocycles. The summed E-state index contributed by atoms with van der Waals surface area (Å²) >= 11 is 0. The molecule has 0 unspecified atom stereocenters. The molecule has 0 bridgehead atoms. The zero-order valence-electron chi connectivity index (χ0n) is 7.63. The fraction of sp³-hybridized carbons (Fsp3) is 0.750. The topological polar surface area (TPSA) is 66.4 Å². The van der Waals surface area contributed by atoms with Crippen LogP contribution in [0.5, 0.6) is 0 Å². The van der Waals surface area contributed by atoms with Crippen LogP contribution in [0.3, 0.4) is 0 Å². The van der Waals surface area contributed by atoms with Gasteiger partial charge in [-0.1, -0.05) is 20.8 Å². The standard InChI is InChI=1S/C8H15NO3/c1-5(2)6(3)8(12)9-4-7(10)11/h5-6H,4H2,1-3H3,(H,9,12)(H,10,11)/t6-/m0/s1. The van der Waals surface area contributed by atoms with Crippen molar-refractivity contribution in [1.29, 1.82) is 0 Å². The van der Waals surface area contributed by atoms with Crippen LogP contribution in [-0.4, -0.2) is 23.5 Å². The van der Waals surface area contributed by atoms with E-state index in [-0.39, 0.29) is 24.3 Å². The minimum atomic E-state index is -1.01. The van der Waals surface area contributed by atoms with Crippen molar-refractivity contribution < 1.29 is 14.7 Å². The number of hydrogen-bond acceptors (Lipinski definition) is 2. The van der Waals surface area contributed by atoms with Gasteiger partial charge in [0.25, 0.3) is 0 Å². The summed E-state index contributed by atoms with van der Waals surface area (Å²) in [5.41, 5.74) is 0. The lowest BCUT2D eigenvalue weighted by molar-refractivity contribution is -0.138. The van der Waals surface area contributed by atoms with Gasteiger partial charge in [-0.15, -0.1) is 0 Å². The van der Waals surface area contributed by atoms with E-state index in [0.717, 1.165) is 0 Å². The lowest BCUT2D eigenvalue weighted by atomic mass is 9.97. The van der Waals surface area contributed by atoms with Crippen molar-refractivity contribution in [3.63, 3.8) is 0 Å². The highest BCUT2D eigenvalue weighted by Crippen LogP contribution is 2.08. The Morgan fingerprint density at radius 3 is 2.17 bits per heavy atom. The van der Waals surface area contributed by atoms with E-state index < -0.39 is 5.97 Å². The summed E-state index contributed by atoms with van der Waals surface area (Å²) in [6, 6.07) is 0. The molecule has 0 heterocycles. The molecule has 1 atom stereocenters. The molecule has 70 valence electrons. The van der Waals surface area contributed by atoms with E-state index >= 15 is 0 Å². The maximum atomic E-state index is 11.1. The van der Waals surface area contributed by atoms with Gasteiger partial charge >= 0.3 is 5.97 Å². The molecule has 0 aromatic rings. The highest BCUT2D eigenvalue weighted by atomic mass is 16.4. The summed E-state index contributed by atoms with van der Waals surface area (Å²) in [6.07, 6.45) is 0. The van der Waals surface area contributed by atoms with Crippen LogP contribution in [0, 0.1) is 11.8 Å². The highest BCUT2D eigenvalue weighted by molar-refractivity contribution is 5.82. The largest absolute Gasteiger partial charge is 0.480 e. The number of carboxylic acid groups (broad SMARTS) is 1. The quantitative estimate of drug-likeness (QED) is 0.649. The normalized spacial score (nSPS) is 12.7. The number of carbonyl (C=O) groups excluding carboxylic acids is 1. The van der Waals surface area contributed by atoms with E-state index in [2.05, 4.69) is 5.32 Å². The van der Waals surface area contributed by atoms with Crippen molar-refractivity contribution in [2.45, 2.75) is 20.8 Å². The molecule has 0 aliphatic carbocycles. The Balaban J connectivity index is 3.80. The molecule has 0 radical (unpaired) electrons. The molecule has 0 spiro atoms. The van der Waals surface area contributed by atoms with Gasteiger partial charge in [-0.3, -0.25) is 9.59 Å². The second-order valence-electron chi connectivity index (χ2n) is 3.14. The molecule has 4 heteroatoms. The summed E-state index contributed by atoms with van der Waals surface area (Å²) in [6.45, 7) is 5.33. The zero-order chi connectivity index (χ0) is 9.72. The monoisotopic (exact) mass is 173 g/mol. The van der Waals surface area contributed by atoms with Crippen LogP contribution in [0.25, 0.3) is 0 Å². The van der Waals surface area contributed by atoms with E-state index in [4.69, 9.17) is 5.11 Å². The first-order valence-corrected chi connectivity index (χ1v) is 3.94. The van der Waals surface area contributed by atoms with Crippen molar-refractivity contribution in [3.8, 4) is 0 Å². The number of carbonyl (C=O) groups is 2. The summed E-state index contributed by atoms with van der Waals surface area (Å²) in [4.78, 5) is 21.2. The summed E-state index contributed by atoms with van der Waals surface area (Å²) in [7, 11) is 0. The van der Waals surface area contributed by atoms with Gasteiger partial charge < -0.3 is 10.4 Å². The van der Waals surface area contributed by atoms with Gasteiger partial charge in [0.2, 0.25) is 5.91 Å². The van der Waals surface area contributed by atoms with Crippen LogP contribution in [-0.2, 0) is 9.59 Å². The second kappa shape index (κ2) is 4.74. The Labute approximate surface area is 72.0 Å². The first kappa shape index (κ1) is 10.9. The van der Waals surface area contributed by atoms with E-state index in [1.54, 1.807) is 6.92 Å². The summed E-state index contributed by atoms with van der Waals surface area (Å²) in [5, 5.41) is 10.6. The average Bonchev–Trinajstić information content (AvgIpc) is 1.98. The Hall–Kier alpha value is -1.06. The second-order valence-corrected chi connectivity index (χ2v) is 3.14. The predicted octanol–water partition coefficient (Wildman–Crippen LogP) is 0.479. The van der Waals surface area contributed by atoms with Crippen LogP contribution in [0.15, 0.2) is 0 Å². The van der Waals surface area contributed by atoms with Crippen LogP contribution in [0.4, 0.5) is 0 Å². The molecule has 0 fully saturated rings. The molecule has 4 nitrogen and oxygen atoms in total. The first-order chi connectivity index (χ1) is 5.45. The van der Waals surface area contributed by atoms with Gasteiger partial charge in [-0.05, 0) is 5.92 Å². The number of rotatable bonds is 4. The van der Waals surface area contributed by atoms with E-state index in [0.29, 0.717) is 0 Å². The Morgan fingerprint density at radius 1 is 1.33 bits per heavy atom. The third-order valence-electron chi connectivity index (χ3n) is 1.83. The molecule has 0 saturated heterocycles. The zero-order valence-corrected chi connectivity index (χ0v) is 7.63. The van der Waals surface area contributed by atoms with E-state index in [9.17, 15) is 9.59 Å². The van der Waals surface area contributed by atoms with Crippen molar-refractivity contribution in [2.24, 2.45) is 11.8 Å². The number of aliphatic carboxylic acids is 1. The lowest BCUT2D eigenvalue weighted by Crippen LogP contribution is -2.35.